The summed E-state index contributed by atoms with van der Waals surface area (Å²) in [7, 11) is 3.18. The number of benzene rings is 1. The number of aliphatic hydroxyl groups excluding tert-OH is 1. The molecule has 1 aromatic rings. The van der Waals surface area contributed by atoms with Gasteiger partial charge in [0.15, 0.2) is 0 Å². The lowest BCUT2D eigenvalue weighted by atomic mass is 10.0. The van der Waals surface area contributed by atoms with Gasteiger partial charge >= 0.3 is 6.16 Å². The highest BCUT2D eigenvalue weighted by molar-refractivity contribution is 5.63. The van der Waals surface area contributed by atoms with Gasteiger partial charge in [-0.2, -0.15) is 0 Å². The van der Waals surface area contributed by atoms with Crippen molar-refractivity contribution < 1.29 is 48.0 Å². The fraction of sp³-hybridized carbons (Fsp3) is 0.667. The van der Waals surface area contributed by atoms with E-state index in [-0.39, 0.29) is 37.2 Å². The second-order valence-corrected chi connectivity index (χ2v) is 6.92. The number of nitrogens with zero attached hydrogens (tertiary/aromatic N) is 1. The number of nitro groups is 1. The van der Waals surface area contributed by atoms with Gasteiger partial charge < -0.3 is 38.3 Å². The molecule has 12 nitrogen and oxygen atoms in total. The van der Waals surface area contributed by atoms with Gasteiger partial charge in [0.2, 0.25) is 0 Å². The van der Waals surface area contributed by atoms with Gasteiger partial charge in [-0.05, 0) is 18.6 Å². The number of aliphatic hydroxyl groups is 1. The Morgan fingerprint density at radius 3 is 2.00 bits per heavy atom. The van der Waals surface area contributed by atoms with Crippen molar-refractivity contribution in [1.82, 2.24) is 0 Å². The predicted molar refractivity (Wildman–Crippen MR) is 115 cm³/mol. The maximum absolute atomic E-state index is 11.6. The summed E-state index contributed by atoms with van der Waals surface area (Å²) in [6.45, 7) is 2.71. The lowest BCUT2D eigenvalue weighted by Crippen LogP contribution is -2.27. The van der Waals surface area contributed by atoms with Crippen molar-refractivity contribution in [2.45, 2.75) is 12.5 Å². The van der Waals surface area contributed by atoms with Crippen molar-refractivity contribution >= 4 is 11.8 Å². The molecule has 12 heteroatoms. The number of hydrogen-bond acceptors (Lipinski definition) is 11. The molecule has 0 amide bonds. The highest BCUT2D eigenvalue weighted by Crippen LogP contribution is 2.17. The minimum Gasteiger partial charge on any atom is -0.432 e. The third-order valence-electron chi connectivity index (χ3n) is 4.18. The summed E-state index contributed by atoms with van der Waals surface area (Å²) < 4.78 is 36.1. The van der Waals surface area contributed by atoms with E-state index >= 15 is 0 Å². The summed E-state index contributed by atoms with van der Waals surface area (Å²) in [5.74, 6) is 0.0821. The van der Waals surface area contributed by atoms with Crippen LogP contribution < -0.4 is 4.74 Å². The molecule has 0 radical (unpaired) electrons. The number of hydrogen-bond donors (Lipinski definition) is 1. The average Bonchev–Trinajstić information content (AvgIpc) is 2.79. The molecule has 0 aliphatic carbocycles. The number of ether oxygens (including phenoxy) is 7. The largest absolute Gasteiger partial charge is 0.513 e. The van der Waals surface area contributed by atoms with E-state index in [4.69, 9.17) is 33.2 Å². The first-order chi connectivity index (χ1) is 16.0. The topological polar surface area (TPSA) is 145 Å². The third kappa shape index (κ3) is 14.4. The van der Waals surface area contributed by atoms with E-state index in [0.717, 1.165) is 0 Å². The van der Waals surface area contributed by atoms with Crippen molar-refractivity contribution in [2.75, 3.05) is 73.7 Å². The smallest absolute Gasteiger partial charge is 0.432 e. The molecule has 0 saturated carbocycles. The highest BCUT2D eigenvalue weighted by atomic mass is 16.7. The Labute approximate surface area is 192 Å². The zero-order valence-corrected chi connectivity index (χ0v) is 19.0. The molecule has 0 saturated heterocycles. The monoisotopic (exact) mass is 475 g/mol. The zero-order chi connectivity index (χ0) is 24.3. The van der Waals surface area contributed by atoms with Crippen LogP contribution in [0.2, 0.25) is 0 Å². The Balaban J connectivity index is 2.22. The van der Waals surface area contributed by atoms with Gasteiger partial charge in [-0.15, -0.1) is 0 Å². The van der Waals surface area contributed by atoms with Crippen molar-refractivity contribution in [3.05, 3.63) is 34.4 Å². The van der Waals surface area contributed by atoms with Gasteiger partial charge in [0, 0.05) is 32.3 Å². The molecule has 0 spiro atoms. The van der Waals surface area contributed by atoms with E-state index < -0.39 is 17.2 Å². The van der Waals surface area contributed by atoms with Crippen LogP contribution in [0.5, 0.6) is 5.75 Å². The SMILES string of the molecule is COCCOCC(COCCOC)CC(O)COCCOC(=O)Oc1ccc([N+](=O)[O-])cc1. The van der Waals surface area contributed by atoms with Crippen molar-refractivity contribution in [3.63, 3.8) is 0 Å². The molecular formula is C21H33NO11. The zero-order valence-electron chi connectivity index (χ0n) is 19.0. The standard InChI is InChI=1S/C21H33NO11/c1-27-7-9-29-14-17(15-30-10-8-28-2)13-19(23)16-31-11-12-32-21(24)33-20-5-3-18(4-6-20)22(25)26/h3-6,17,19,23H,7-16H2,1-2H3. The lowest BCUT2D eigenvalue weighted by molar-refractivity contribution is -0.384. The number of carbonyl (C=O) groups excluding carboxylic acids is 1. The Bertz CT molecular complexity index is 644. The summed E-state index contributed by atoms with van der Waals surface area (Å²) in [4.78, 5) is 21.7. The van der Waals surface area contributed by atoms with E-state index in [2.05, 4.69) is 0 Å². The Hall–Kier alpha value is -2.35. The quantitative estimate of drug-likeness (QED) is 0.103. The lowest BCUT2D eigenvalue weighted by Gasteiger charge is -2.20. The second-order valence-electron chi connectivity index (χ2n) is 6.92. The molecule has 33 heavy (non-hydrogen) atoms. The second kappa shape index (κ2) is 18.1. The average molecular weight is 475 g/mol. The molecule has 1 aromatic carbocycles. The first-order valence-corrected chi connectivity index (χ1v) is 10.4. The highest BCUT2D eigenvalue weighted by Gasteiger charge is 2.16. The number of methoxy groups -OCH3 is 2. The van der Waals surface area contributed by atoms with Crippen LogP contribution in [0.3, 0.4) is 0 Å². The van der Waals surface area contributed by atoms with Crippen LogP contribution in [-0.2, 0) is 28.4 Å². The van der Waals surface area contributed by atoms with E-state index in [1.54, 1.807) is 14.2 Å². The van der Waals surface area contributed by atoms with Gasteiger partial charge in [0.1, 0.15) is 12.4 Å². The van der Waals surface area contributed by atoms with Crippen molar-refractivity contribution in [3.8, 4) is 5.75 Å². The molecule has 0 aliphatic heterocycles. The first-order valence-electron chi connectivity index (χ1n) is 10.4. The van der Waals surface area contributed by atoms with Crippen LogP contribution >= 0.6 is 0 Å². The Morgan fingerprint density at radius 2 is 1.45 bits per heavy atom. The molecule has 1 N–H and O–H groups in total. The summed E-state index contributed by atoms with van der Waals surface area (Å²) in [6.07, 6.45) is -1.31. The molecule has 0 bridgehead atoms. The van der Waals surface area contributed by atoms with Crippen LogP contribution in [0.25, 0.3) is 0 Å². The predicted octanol–water partition coefficient (Wildman–Crippen LogP) is 1.82. The molecule has 1 unspecified atom stereocenters. The van der Waals surface area contributed by atoms with Gasteiger partial charge in [-0.25, -0.2) is 4.79 Å². The number of non-ortho nitro benzene ring substituents is 1. The van der Waals surface area contributed by atoms with Gasteiger partial charge in [0.25, 0.3) is 5.69 Å². The molecule has 0 aromatic heterocycles. The van der Waals surface area contributed by atoms with Crippen LogP contribution in [-0.4, -0.2) is 96.0 Å². The van der Waals surface area contributed by atoms with E-state index in [0.29, 0.717) is 46.1 Å². The molecule has 1 rings (SSSR count). The van der Waals surface area contributed by atoms with Gasteiger partial charge in [0.05, 0.1) is 63.9 Å². The fourth-order valence-corrected chi connectivity index (χ4v) is 2.59. The molecular weight excluding hydrogens is 442 g/mol. The fourth-order valence-electron chi connectivity index (χ4n) is 2.59. The summed E-state index contributed by atoms with van der Waals surface area (Å²) in [6, 6.07) is 5.01. The molecule has 0 heterocycles. The van der Waals surface area contributed by atoms with Crippen LogP contribution in [0.4, 0.5) is 10.5 Å². The minimum absolute atomic E-state index is 0.0368. The van der Waals surface area contributed by atoms with E-state index in [1.807, 2.05) is 0 Å². The van der Waals surface area contributed by atoms with Crippen molar-refractivity contribution in [1.29, 1.82) is 0 Å². The number of carbonyl (C=O) groups is 1. The van der Waals surface area contributed by atoms with Crippen LogP contribution in [0.1, 0.15) is 6.42 Å². The summed E-state index contributed by atoms with van der Waals surface area (Å²) in [5.41, 5.74) is -0.118. The minimum atomic E-state index is -0.963. The Kier molecular flexibility index (Phi) is 15.7. The van der Waals surface area contributed by atoms with Gasteiger partial charge in [-0.1, -0.05) is 0 Å². The maximum atomic E-state index is 11.6. The van der Waals surface area contributed by atoms with Crippen molar-refractivity contribution in [2.24, 2.45) is 5.92 Å². The van der Waals surface area contributed by atoms with Crippen LogP contribution in [0.15, 0.2) is 24.3 Å². The maximum Gasteiger partial charge on any atom is 0.513 e. The van der Waals surface area contributed by atoms with Crippen LogP contribution in [0, 0.1) is 16.0 Å². The summed E-state index contributed by atoms with van der Waals surface area (Å²) in [5, 5.41) is 20.8. The Morgan fingerprint density at radius 1 is 0.909 bits per heavy atom. The third-order valence-corrected chi connectivity index (χ3v) is 4.18. The molecule has 0 fully saturated rings. The number of nitro benzene ring substituents is 1. The summed E-state index contributed by atoms with van der Waals surface area (Å²) >= 11 is 0. The van der Waals surface area contributed by atoms with E-state index in [9.17, 15) is 20.0 Å². The molecule has 1 atom stereocenters. The van der Waals surface area contributed by atoms with Gasteiger partial charge in [-0.3, -0.25) is 10.1 Å². The van der Waals surface area contributed by atoms with E-state index in [1.165, 1.54) is 24.3 Å². The molecule has 188 valence electrons. The first kappa shape index (κ1) is 28.7. The number of rotatable bonds is 19. The normalized spacial score (nSPS) is 12.0. The molecule has 0 aliphatic rings.